The van der Waals surface area contributed by atoms with Crippen molar-refractivity contribution in [2.24, 2.45) is 0 Å². The number of nitrogens with one attached hydrogen (secondary N) is 1. The average Bonchev–Trinajstić information content (AvgIpc) is 2.72. The van der Waals surface area contributed by atoms with E-state index in [2.05, 4.69) is 19.9 Å². The van der Waals surface area contributed by atoms with E-state index in [1.54, 1.807) is 19.9 Å². The van der Waals surface area contributed by atoms with Crippen LogP contribution in [0.25, 0.3) is 11.6 Å². The summed E-state index contributed by atoms with van der Waals surface area (Å²) < 4.78 is 44.2. The number of nitrogens with zero attached hydrogens (tertiary/aromatic N) is 3. The van der Waals surface area contributed by atoms with Crippen LogP contribution in [0.1, 0.15) is 41.9 Å². The number of carbonyl (C=O) groups is 1. The molecular weight excluding hydrogens is 413 g/mol. The van der Waals surface area contributed by atoms with Gasteiger partial charge < -0.3 is 9.72 Å². The zero-order valence-corrected chi connectivity index (χ0v) is 16.9. The predicted octanol–water partition coefficient (Wildman–Crippen LogP) is 3.80. The van der Waals surface area contributed by atoms with Crippen molar-refractivity contribution in [2.45, 2.75) is 31.9 Å². The SMILES string of the molecule is COc1cc(C(F)(F)F)ccc1C(C)(C)CC(=O)c1cc(=O)[nH]c(-c2ncccn2)n1. The van der Waals surface area contributed by atoms with Crippen LogP contribution in [0.2, 0.25) is 0 Å². The van der Waals surface area contributed by atoms with Gasteiger partial charge in [0.15, 0.2) is 17.4 Å². The van der Waals surface area contributed by atoms with Crippen LogP contribution in [0.3, 0.4) is 0 Å². The van der Waals surface area contributed by atoms with Gasteiger partial charge in [-0.15, -0.1) is 0 Å². The number of aromatic nitrogens is 4. The highest BCUT2D eigenvalue weighted by atomic mass is 19.4. The molecule has 10 heteroatoms. The van der Waals surface area contributed by atoms with E-state index in [1.165, 1.54) is 25.6 Å². The smallest absolute Gasteiger partial charge is 0.416 e. The molecule has 0 aliphatic rings. The Labute approximate surface area is 175 Å². The molecule has 0 aliphatic heterocycles. The summed E-state index contributed by atoms with van der Waals surface area (Å²) in [5, 5.41) is 0. The molecule has 1 aromatic carbocycles. The molecule has 162 valence electrons. The first-order valence-electron chi connectivity index (χ1n) is 9.19. The second-order valence-corrected chi connectivity index (χ2v) is 7.45. The second kappa shape index (κ2) is 8.29. The van der Waals surface area contributed by atoms with Crippen LogP contribution in [0.5, 0.6) is 5.75 Å². The van der Waals surface area contributed by atoms with E-state index in [4.69, 9.17) is 4.74 Å². The van der Waals surface area contributed by atoms with E-state index in [0.717, 1.165) is 18.2 Å². The van der Waals surface area contributed by atoms with Gasteiger partial charge in [0.25, 0.3) is 5.56 Å². The first-order chi connectivity index (χ1) is 14.5. The number of carbonyl (C=O) groups excluding carboxylic acids is 1. The van der Waals surface area contributed by atoms with Crippen LogP contribution >= 0.6 is 0 Å². The predicted molar refractivity (Wildman–Crippen MR) is 106 cm³/mol. The van der Waals surface area contributed by atoms with Gasteiger partial charge in [-0.3, -0.25) is 9.59 Å². The Morgan fingerprint density at radius 1 is 1.13 bits per heavy atom. The number of alkyl halides is 3. The Morgan fingerprint density at radius 2 is 1.81 bits per heavy atom. The monoisotopic (exact) mass is 432 g/mol. The summed E-state index contributed by atoms with van der Waals surface area (Å²) in [6.07, 6.45) is -1.70. The van der Waals surface area contributed by atoms with Crippen molar-refractivity contribution >= 4 is 5.78 Å². The molecule has 3 aromatic rings. The molecule has 0 aliphatic carbocycles. The summed E-state index contributed by atoms with van der Waals surface area (Å²) in [5.41, 5.74) is -1.97. The molecule has 0 atom stereocenters. The molecule has 0 unspecified atom stereocenters. The standard InChI is InChI=1S/C21H19F3N4O3/c1-20(2,13-6-5-12(21(22,23)24)9-16(13)31-3)11-15(29)14-10-17(30)28-19(27-14)18-25-7-4-8-26-18/h4-10H,11H2,1-3H3,(H,27,28,30). The molecule has 2 aromatic heterocycles. The van der Waals surface area contributed by atoms with Gasteiger partial charge in [0.2, 0.25) is 0 Å². The maximum atomic E-state index is 13.0. The third-order valence-corrected chi connectivity index (χ3v) is 4.67. The number of H-pyrrole nitrogens is 1. The van der Waals surface area contributed by atoms with Crippen molar-refractivity contribution in [3.05, 3.63) is 69.9 Å². The van der Waals surface area contributed by atoms with Gasteiger partial charge in [0, 0.05) is 35.9 Å². The van der Waals surface area contributed by atoms with Crippen LogP contribution in [0, 0.1) is 0 Å². The van der Waals surface area contributed by atoms with Crippen LogP contribution in [0.4, 0.5) is 13.2 Å². The normalized spacial score (nSPS) is 11.9. The van der Waals surface area contributed by atoms with Gasteiger partial charge in [0.1, 0.15) is 11.4 Å². The number of halogens is 3. The minimum atomic E-state index is -4.52. The first kappa shape index (κ1) is 22.1. The minimum absolute atomic E-state index is 0.0184. The highest BCUT2D eigenvalue weighted by Crippen LogP contribution is 2.39. The highest BCUT2D eigenvalue weighted by Gasteiger charge is 2.34. The molecule has 0 fully saturated rings. The van der Waals surface area contributed by atoms with E-state index in [1.807, 2.05) is 0 Å². The molecule has 3 rings (SSSR count). The Kier molecular flexibility index (Phi) is 5.92. The number of hydrogen-bond acceptors (Lipinski definition) is 6. The van der Waals surface area contributed by atoms with Crippen LogP contribution in [0.15, 0.2) is 47.5 Å². The minimum Gasteiger partial charge on any atom is -0.496 e. The van der Waals surface area contributed by atoms with Gasteiger partial charge in [-0.2, -0.15) is 13.2 Å². The summed E-state index contributed by atoms with van der Waals surface area (Å²) in [6, 6.07) is 5.80. The lowest BCUT2D eigenvalue weighted by Gasteiger charge is -2.27. The Morgan fingerprint density at radius 3 is 2.42 bits per heavy atom. The Hall–Kier alpha value is -3.56. The van der Waals surface area contributed by atoms with Gasteiger partial charge in [-0.25, -0.2) is 15.0 Å². The maximum absolute atomic E-state index is 13.0. The molecule has 2 heterocycles. The zero-order valence-electron chi connectivity index (χ0n) is 16.9. The van der Waals surface area contributed by atoms with Gasteiger partial charge in [-0.05, 0) is 18.2 Å². The maximum Gasteiger partial charge on any atom is 0.416 e. The zero-order chi connectivity index (χ0) is 22.8. The summed E-state index contributed by atoms with van der Waals surface area (Å²) >= 11 is 0. The Bertz CT molecular complexity index is 1160. The van der Waals surface area contributed by atoms with Crippen molar-refractivity contribution in [1.82, 2.24) is 19.9 Å². The number of methoxy groups -OCH3 is 1. The van der Waals surface area contributed by atoms with E-state index in [-0.39, 0.29) is 29.5 Å². The fourth-order valence-electron chi connectivity index (χ4n) is 3.14. The third kappa shape index (κ3) is 4.96. The van der Waals surface area contributed by atoms with Gasteiger partial charge in [-0.1, -0.05) is 19.9 Å². The van der Waals surface area contributed by atoms with Gasteiger partial charge >= 0.3 is 6.18 Å². The second-order valence-electron chi connectivity index (χ2n) is 7.45. The van der Waals surface area contributed by atoms with E-state index < -0.39 is 28.5 Å². The van der Waals surface area contributed by atoms with E-state index in [9.17, 15) is 22.8 Å². The molecule has 0 saturated heterocycles. The number of rotatable bonds is 6. The van der Waals surface area contributed by atoms with E-state index >= 15 is 0 Å². The largest absolute Gasteiger partial charge is 0.496 e. The lowest BCUT2D eigenvalue weighted by Crippen LogP contribution is -2.25. The molecular formula is C21H19F3N4O3. The number of hydrogen-bond donors (Lipinski definition) is 1. The summed E-state index contributed by atoms with van der Waals surface area (Å²) in [6.45, 7) is 3.40. The lowest BCUT2D eigenvalue weighted by molar-refractivity contribution is -0.137. The van der Waals surface area contributed by atoms with E-state index in [0.29, 0.717) is 5.56 Å². The third-order valence-electron chi connectivity index (χ3n) is 4.67. The summed E-state index contributed by atoms with van der Waals surface area (Å²) in [5.74, 6) is -0.251. The quantitative estimate of drug-likeness (QED) is 0.595. The molecule has 0 saturated carbocycles. The molecule has 7 nitrogen and oxygen atoms in total. The fraction of sp³-hybridized carbons (Fsp3) is 0.286. The fourth-order valence-corrected chi connectivity index (χ4v) is 3.14. The van der Waals surface area contributed by atoms with Crippen LogP contribution < -0.4 is 10.3 Å². The molecule has 1 N–H and O–H groups in total. The van der Waals surface area contributed by atoms with Crippen LogP contribution in [-0.4, -0.2) is 32.8 Å². The molecule has 31 heavy (non-hydrogen) atoms. The number of benzene rings is 1. The van der Waals surface area contributed by atoms with Crippen LogP contribution in [-0.2, 0) is 11.6 Å². The number of ether oxygens (including phenoxy) is 1. The average molecular weight is 432 g/mol. The molecule has 0 bridgehead atoms. The Balaban J connectivity index is 1.93. The van der Waals surface area contributed by atoms with Gasteiger partial charge in [0.05, 0.1) is 12.7 Å². The topological polar surface area (TPSA) is 97.8 Å². The molecule has 0 amide bonds. The summed E-state index contributed by atoms with van der Waals surface area (Å²) in [4.78, 5) is 39.6. The molecule has 0 spiro atoms. The first-order valence-corrected chi connectivity index (χ1v) is 9.19. The van der Waals surface area contributed by atoms with Crippen molar-refractivity contribution < 1.29 is 22.7 Å². The number of aromatic amines is 1. The lowest BCUT2D eigenvalue weighted by atomic mass is 9.78. The van der Waals surface area contributed by atoms with Crippen molar-refractivity contribution in [3.63, 3.8) is 0 Å². The van der Waals surface area contributed by atoms with Crippen molar-refractivity contribution in [3.8, 4) is 17.4 Å². The number of ketones is 1. The summed E-state index contributed by atoms with van der Waals surface area (Å²) in [7, 11) is 1.27. The van der Waals surface area contributed by atoms with Crippen molar-refractivity contribution in [1.29, 1.82) is 0 Å². The highest BCUT2D eigenvalue weighted by molar-refractivity contribution is 5.95. The molecule has 0 radical (unpaired) electrons. The van der Waals surface area contributed by atoms with Crippen molar-refractivity contribution in [2.75, 3.05) is 7.11 Å². The number of Topliss-reactive ketones (excluding diaryl/α,β-unsaturated/α-hetero) is 1.